The number of fused-ring (bicyclic) bond motifs is 6. The average Bonchev–Trinajstić information content (AvgIpc) is 3.27. The second-order valence-electron chi connectivity index (χ2n) is 14.8. The Hall–Kier alpha value is -7.28. The Morgan fingerprint density at radius 3 is 1.29 bits per heavy atom. The highest BCUT2D eigenvalue weighted by molar-refractivity contribution is 6.24. The molecule has 0 aliphatic heterocycles. The van der Waals surface area contributed by atoms with Crippen LogP contribution in [0, 0.1) is 0 Å². The van der Waals surface area contributed by atoms with Crippen LogP contribution < -0.4 is 0 Å². The summed E-state index contributed by atoms with van der Waals surface area (Å²) in [5.74, 6) is 0. The van der Waals surface area contributed by atoms with Gasteiger partial charge in [0, 0.05) is 0 Å². The molecule has 260 valence electrons. The zero-order valence-corrected chi connectivity index (χ0v) is 30.8. The Labute approximate surface area is 326 Å². The molecule has 11 rings (SSSR count). The van der Waals surface area contributed by atoms with Gasteiger partial charge < -0.3 is 0 Å². The number of rotatable bonds is 5. The number of hydrogen-bond acceptors (Lipinski definition) is 0. The van der Waals surface area contributed by atoms with Crippen molar-refractivity contribution in [2.45, 2.75) is 0 Å². The number of hydrogen-bond donors (Lipinski definition) is 0. The molecule has 56 heavy (non-hydrogen) atoms. The van der Waals surface area contributed by atoms with Crippen LogP contribution in [0.5, 0.6) is 0 Å². The second-order valence-corrected chi connectivity index (χ2v) is 14.8. The molecule has 0 amide bonds. The molecule has 0 N–H and O–H groups in total. The van der Waals surface area contributed by atoms with Crippen LogP contribution >= 0.6 is 0 Å². The van der Waals surface area contributed by atoms with E-state index in [1.165, 1.54) is 109 Å². The van der Waals surface area contributed by atoms with Gasteiger partial charge in [-0.2, -0.15) is 0 Å². The van der Waals surface area contributed by atoms with E-state index >= 15 is 0 Å². The smallest absolute Gasteiger partial charge is 0.00201 e. The third kappa shape index (κ3) is 5.22. The Kier molecular flexibility index (Phi) is 7.60. The molecule has 0 spiro atoms. The summed E-state index contributed by atoms with van der Waals surface area (Å²) in [4.78, 5) is 0. The first-order valence-corrected chi connectivity index (χ1v) is 19.4. The van der Waals surface area contributed by atoms with E-state index in [1.807, 2.05) is 0 Å². The lowest BCUT2D eigenvalue weighted by Crippen LogP contribution is -1.92. The van der Waals surface area contributed by atoms with Gasteiger partial charge >= 0.3 is 0 Å². The third-order valence-corrected chi connectivity index (χ3v) is 11.7. The van der Waals surface area contributed by atoms with Crippen LogP contribution in [0.4, 0.5) is 0 Å². The van der Waals surface area contributed by atoms with Gasteiger partial charge in [0.15, 0.2) is 0 Å². The zero-order valence-electron chi connectivity index (χ0n) is 30.8. The summed E-state index contributed by atoms with van der Waals surface area (Å²) in [6, 6.07) is 75.6. The van der Waals surface area contributed by atoms with Crippen LogP contribution in [0.2, 0.25) is 0 Å². The van der Waals surface area contributed by atoms with Crippen LogP contribution in [0.3, 0.4) is 0 Å². The third-order valence-electron chi connectivity index (χ3n) is 11.7. The van der Waals surface area contributed by atoms with Crippen molar-refractivity contribution in [3.05, 3.63) is 217 Å². The van der Waals surface area contributed by atoms with E-state index in [4.69, 9.17) is 0 Å². The summed E-state index contributed by atoms with van der Waals surface area (Å²) >= 11 is 0. The predicted octanol–water partition coefficient (Wildman–Crippen LogP) is 15.8. The summed E-state index contributed by atoms with van der Waals surface area (Å²) < 4.78 is 0. The molecule has 0 aliphatic carbocycles. The van der Waals surface area contributed by atoms with Gasteiger partial charge in [0.25, 0.3) is 0 Å². The van der Waals surface area contributed by atoms with E-state index < -0.39 is 0 Å². The molecule has 11 aromatic carbocycles. The standard InChI is InChI=1S/C56H36/c1-2-16-41-36-42(31-28-37(41)14-1)55-50-23-9-11-25-52(50)56(53-26-12-10-24-51(53)55)54-35-33-40(45-20-6-8-22-48(45)54)30-29-39-32-34-49(46-21-7-5-19-44(39)46)47-27-13-17-38-15-3-4-18-43(38)47/h1-36H/b30-29+. The molecule has 0 bridgehead atoms. The highest BCUT2D eigenvalue weighted by Crippen LogP contribution is 2.46. The molecule has 0 nitrogen and oxygen atoms in total. The summed E-state index contributed by atoms with van der Waals surface area (Å²) in [7, 11) is 0. The Balaban J connectivity index is 1.07. The Morgan fingerprint density at radius 2 is 0.661 bits per heavy atom. The minimum atomic E-state index is 1.20. The molecule has 0 aromatic heterocycles. The molecule has 0 fully saturated rings. The van der Waals surface area contributed by atoms with Gasteiger partial charge in [-0.15, -0.1) is 0 Å². The lowest BCUT2D eigenvalue weighted by atomic mass is 9.84. The maximum atomic E-state index is 2.35. The first-order valence-electron chi connectivity index (χ1n) is 19.4. The van der Waals surface area contributed by atoms with Gasteiger partial charge in [-0.1, -0.05) is 212 Å². The lowest BCUT2D eigenvalue weighted by Gasteiger charge is -2.19. The summed E-state index contributed by atoms with van der Waals surface area (Å²) in [6.45, 7) is 0. The van der Waals surface area contributed by atoms with Crippen molar-refractivity contribution >= 4 is 76.8 Å². The average molecular weight is 709 g/mol. The van der Waals surface area contributed by atoms with Gasteiger partial charge in [-0.05, 0) is 115 Å². The molecular weight excluding hydrogens is 673 g/mol. The summed E-state index contributed by atoms with van der Waals surface area (Å²) in [5.41, 5.74) is 9.99. The van der Waals surface area contributed by atoms with Crippen LogP contribution in [0.25, 0.3) is 110 Å². The van der Waals surface area contributed by atoms with Crippen LogP contribution in [-0.2, 0) is 0 Å². The van der Waals surface area contributed by atoms with Gasteiger partial charge in [-0.3, -0.25) is 0 Å². The Morgan fingerprint density at radius 1 is 0.232 bits per heavy atom. The predicted molar refractivity (Wildman–Crippen MR) is 243 cm³/mol. The van der Waals surface area contributed by atoms with Crippen molar-refractivity contribution in [1.82, 2.24) is 0 Å². The van der Waals surface area contributed by atoms with Crippen molar-refractivity contribution in [2.24, 2.45) is 0 Å². The molecule has 0 radical (unpaired) electrons. The maximum absolute atomic E-state index is 2.35. The zero-order chi connectivity index (χ0) is 37.0. The molecule has 11 aromatic rings. The highest BCUT2D eigenvalue weighted by Gasteiger charge is 2.19. The first kappa shape index (κ1) is 32.2. The van der Waals surface area contributed by atoms with Gasteiger partial charge in [-0.25, -0.2) is 0 Å². The number of benzene rings is 11. The van der Waals surface area contributed by atoms with Gasteiger partial charge in [0.05, 0.1) is 0 Å². The highest BCUT2D eigenvalue weighted by atomic mass is 14.2. The lowest BCUT2D eigenvalue weighted by molar-refractivity contribution is 1.66. The molecule has 0 saturated carbocycles. The molecular formula is C56H36. The molecule has 0 heteroatoms. The summed E-state index contributed by atoms with van der Waals surface area (Å²) in [6.07, 6.45) is 4.59. The quantitative estimate of drug-likeness (QED) is 0.123. The Bertz CT molecular complexity index is 3300. The monoisotopic (exact) mass is 708 g/mol. The van der Waals surface area contributed by atoms with Crippen molar-refractivity contribution in [1.29, 1.82) is 0 Å². The molecule has 0 unspecified atom stereocenters. The van der Waals surface area contributed by atoms with Gasteiger partial charge in [0.1, 0.15) is 0 Å². The topological polar surface area (TPSA) is 0 Å². The van der Waals surface area contributed by atoms with Crippen LogP contribution in [0.1, 0.15) is 11.1 Å². The van der Waals surface area contributed by atoms with Crippen LogP contribution in [-0.4, -0.2) is 0 Å². The summed E-state index contributed by atoms with van der Waals surface area (Å²) in [5, 5.41) is 15.1. The molecule has 0 saturated heterocycles. The van der Waals surface area contributed by atoms with Gasteiger partial charge in [0.2, 0.25) is 0 Å². The van der Waals surface area contributed by atoms with E-state index in [0.29, 0.717) is 0 Å². The van der Waals surface area contributed by atoms with E-state index in [0.717, 1.165) is 0 Å². The van der Waals surface area contributed by atoms with E-state index in [-0.39, 0.29) is 0 Å². The largest absolute Gasteiger partial charge is 0.0616 e. The van der Waals surface area contributed by atoms with Crippen molar-refractivity contribution in [2.75, 3.05) is 0 Å². The van der Waals surface area contributed by atoms with E-state index in [9.17, 15) is 0 Å². The van der Waals surface area contributed by atoms with Crippen molar-refractivity contribution in [3.63, 3.8) is 0 Å². The second kappa shape index (κ2) is 13.2. The van der Waals surface area contributed by atoms with Crippen molar-refractivity contribution in [3.8, 4) is 33.4 Å². The fraction of sp³-hybridized carbons (Fsp3) is 0. The normalized spacial score (nSPS) is 11.9. The molecule has 0 heterocycles. The van der Waals surface area contributed by atoms with Crippen LogP contribution in [0.15, 0.2) is 206 Å². The fourth-order valence-corrected chi connectivity index (χ4v) is 9.10. The molecule has 0 atom stereocenters. The van der Waals surface area contributed by atoms with E-state index in [1.54, 1.807) is 0 Å². The SMILES string of the molecule is C(=C\c1ccc(-c2c3ccccc3c(-c3ccc4ccccc4c3)c3ccccc23)c2ccccc12)/c1ccc(-c2cccc3ccccc23)c2ccccc12. The van der Waals surface area contributed by atoms with E-state index in [2.05, 4.69) is 218 Å². The maximum Gasteiger partial charge on any atom is -0.00201 e. The fourth-order valence-electron chi connectivity index (χ4n) is 9.10. The molecule has 0 aliphatic rings. The first-order chi connectivity index (χ1) is 27.8. The minimum absolute atomic E-state index is 1.20. The minimum Gasteiger partial charge on any atom is -0.0616 e. The van der Waals surface area contributed by atoms with Crippen molar-refractivity contribution < 1.29 is 0 Å².